The number of rotatable bonds is 6. The number of carbonyl (C=O) groups is 1. The van der Waals surface area contributed by atoms with Gasteiger partial charge in [0.05, 0.1) is 34.9 Å². The molecule has 0 bridgehead atoms. The van der Waals surface area contributed by atoms with Crippen molar-refractivity contribution in [2.45, 2.75) is 45.3 Å². The molecule has 1 unspecified atom stereocenters. The van der Waals surface area contributed by atoms with Crippen molar-refractivity contribution < 1.29 is 22.7 Å². The van der Waals surface area contributed by atoms with E-state index in [0.29, 0.717) is 35.1 Å². The summed E-state index contributed by atoms with van der Waals surface area (Å²) in [7, 11) is 3.12. The van der Waals surface area contributed by atoms with E-state index >= 15 is 0 Å². The Morgan fingerprint density at radius 3 is 2.56 bits per heavy atom. The molecule has 1 aromatic carbocycles. The SMILES string of the molecule is COC1(c2cc3c(N[C@H](C)c4cccc(C(F)F)c4F)nnc(C)c3n(C)c2=O)CCN(C(C)=O)C1. The molecule has 192 valence electrons. The van der Waals surface area contributed by atoms with Gasteiger partial charge in [-0.3, -0.25) is 9.59 Å². The number of fused-ring (bicyclic) bond motifs is 1. The van der Waals surface area contributed by atoms with Crippen LogP contribution < -0.4 is 10.9 Å². The molecule has 1 amide bonds. The number of methoxy groups -OCH3 is 1. The highest BCUT2D eigenvalue weighted by Gasteiger charge is 2.43. The Kier molecular flexibility index (Phi) is 6.78. The lowest BCUT2D eigenvalue weighted by Gasteiger charge is -2.29. The standard InChI is InChI=1S/C25H28F3N5O3/c1-13(16-7-6-8-17(20(16)26)22(27)28)29-23-18-11-19(24(35)32(4)21(18)14(2)30-31-23)25(36-5)9-10-33(12-25)15(3)34/h6-8,11,13,22H,9-10,12H2,1-5H3,(H,29,31)/t13-,25?/m1/s1. The van der Waals surface area contributed by atoms with Gasteiger partial charge in [0.25, 0.3) is 12.0 Å². The molecular formula is C25H28F3N5O3. The number of ether oxygens (including phenoxy) is 1. The van der Waals surface area contributed by atoms with E-state index in [1.807, 2.05) is 0 Å². The van der Waals surface area contributed by atoms with Gasteiger partial charge in [-0.1, -0.05) is 18.2 Å². The van der Waals surface area contributed by atoms with Gasteiger partial charge < -0.3 is 19.5 Å². The summed E-state index contributed by atoms with van der Waals surface area (Å²) in [5, 5.41) is 12.0. The summed E-state index contributed by atoms with van der Waals surface area (Å²) in [6.45, 7) is 5.48. The molecule has 4 rings (SSSR count). The maximum Gasteiger partial charge on any atom is 0.266 e. The van der Waals surface area contributed by atoms with Crippen molar-refractivity contribution in [3.05, 3.63) is 62.8 Å². The number of hydrogen-bond acceptors (Lipinski definition) is 6. The fourth-order valence-electron chi connectivity index (χ4n) is 4.92. The van der Waals surface area contributed by atoms with Crippen LogP contribution in [0.25, 0.3) is 10.9 Å². The number of pyridine rings is 1. The minimum absolute atomic E-state index is 0.0506. The predicted octanol–water partition coefficient (Wildman–Crippen LogP) is 3.98. The third-order valence-electron chi connectivity index (χ3n) is 6.98. The first-order valence-corrected chi connectivity index (χ1v) is 11.5. The summed E-state index contributed by atoms with van der Waals surface area (Å²) in [6, 6.07) is 4.80. The zero-order valence-corrected chi connectivity index (χ0v) is 20.7. The minimum atomic E-state index is -2.94. The lowest BCUT2D eigenvalue weighted by molar-refractivity contribution is -0.129. The fourth-order valence-corrected chi connectivity index (χ4v) is 4.92. The van der Waals surface area contributed by atoms with Gasteiger partial charge in [-0.2, -0.15) is 5.10 Å². The van der Waals surface area contributed by atoms with Crippen molar-refractivity contribution in [2.24, 2.45) is 7.05 Å². The molecule has 1 saturated heterocycles. The van der Waals surface area contributed by atoms with E-state index in [2.05, 4.69) is 15.5 Å². The highest BCUT2D eigenvalue weighted by molar-refractivity contribution is 5.91. The zero-order valence-electron chi connectivity index (χ0n) is 20.7. The highest BCUT2D eigenvalue weighted by atomic mass is 19.3. The Morgan fingerprint density at radius 2 is 1.94 bits per heavy atom. The van der Waals surface area contributed by atoms with Crippen molar-refractivity contribution >= 4 is 22.6 Å². The van der Waals surface area contributed by atoms with Crippen LogP contribution in [0.1, 0.15) is 55.1 Å². The first-order valence-electron chi connectivity index (χ1n) is 11.5. The first kappa shape index (κ1) is 25.6. The Bertz CT molecular complexity index is 1390. The van der Waals surface area contributed by atoms with E-state index in [4.69, 9.17) is 4.74 Å². The molecule has 0 radical (unpaired) electrons. The van der Waals surface area contributed by atoms with E-state index in [-0.39, 0.29) is 29.4 Å². The number of aryl methyl sites for hydroxylation is 2. The maximum atomic E-state index is 14.8. The molecule has 3 aromatic rings. The molecule has 1 fully saturated rings. The highest BCUT2D eigenvalue weighted by Crippen LogP contribution is 2.37. The number of anilines is 1. The molecule has 3 heterocycles. The van der Waals surface area contributed by atoms with Crippen LogP contribution in [-0.2, 0) is 22.2 Å². The summed E-state index contributed by atoms with van der Waals surface area (Å²) in [5.74, 6) is -0.842. The van der Waals surface area contributed by atoms with Gasteiger partial charge in [-0.25, -0.2) is 13.2 Å². The predicted molar refractivity (Wildman–Crippen MR) is 128 cm³/mol. The lowest BCUT2D eigenvalue weighted by Crippen LogP contribution is -2.40. The van der Waals surface area contributed by atoms with Crippen molar-refractivity contribution in [1.29, 1.82) is 0 Å². The molecule has 8 nitrogen and oxygen atoms in total. The Labute approximate surface area is 206 Å². The quantitative estimate of drug-likeness (QED) is 0.548. The molecule has 2 atom stereocenters. The van der Waals surface area contributed by atoms with Crippen molar-refractivity contribution in [3.63, 3.8) is 0 Å². The molecule has 11 heteroatoms. The van der Waals surface area contributed by atoms with Gasteiger partial charge in [0, 0.05) is 45.0 Å². The topological polar surface area (TPSA) is 89.3 Å². The Morgan fingerprint density at radius 1 is 1.25 bits per heavy atom. The van der Waals surface area contributed by atoms with Crippen molar-refractivity contribution in [1.82, 2.24) is 19.7 Å². The van der Waals surface area contributed by atoms with E-state index in [1.165, 1.54) is 30.7 Å². The summed E-state index contributed by atoms with van der Waals surface area (Å²) in [5.41, 5.74) is -0.546. The number of halogens is 3. The second-order valence-electron chi connectivity index (χ2n) is 9.12. The molecule has 1 aliphatic heterocycles. The molecule has 1 N–H and O–H groups in total. The van der Waals surface area contributed by atoms with E-state index in [9.17, 15) is 22.8 Å². The van der Waals surface area contributed by atoms with Crippen molar-refractivity contribution in [2.75, 3.05) is 25.5 Å². The molecule has 2 aromatic heterocycles. The van der Waals surface area contributed by atoms with E-state index in [0.717, 1.165) is 6.07 Å². The first-order chi connectivity index (χ1) is 17.0. The average Bonchev–Trinajstić information content (AvgIpc) is 3.28. The number of carbonyl (C=O) groups excluding carboxylic acids is 1. The van der Waals surface area contributed by atoms with Crippen LogP contribution in [0.4, 0.5) is 19.0 Å². The maximum absolute atomic E-state index is 14.8. The molecule has 0 aliphatic carbocycles. The average molecular weight is 504 g/mol. The number of alkyl halides is 2. The van der Waals surface area contributed by atoms with Crippen LogP contribution in [0.2, 0.25) is 0 Å². The molecular weight excluding hydrogens is 475 g/mol. The van der Waals surface area contributed by atoms with E-state index in [1.54, 1.807) is 31.9 Å². The number of nitrogens with one attached hydrogen (secondary N) is 1. The largest absolute Gasteiger partial charge is 0.371 e. The van der Waals surface area contributed by atoms with Crippen LogP contribution in [0, 0.1) is 12.7 Å². The van der Waals surface area contributed by atoms with Crippen LogP contribution in [0.15, 0.2) is 29.1 Å². The van der Waals surface area contributed by atoms with Crippen LogP contribution in [0.3, 0.4) is 0 Å². The second-order valence-corrected chi connectivity index (χ2v) is 9.12. The van der Waals surface area contributed by atoms with Gasteiger partial charge in [-0.15, -0.1) is 5.10 Å². The monoisotopic (exact) mass is 503 g/mol. The molecule has 0 spiro atoms. The molecule has 36 heavy (non-hydrogen) atoms. The van der Waals surface area contributed by atoms with E-state index < -0.39 is 29.4 Å². The molecule has 1 aliphatic rings. The summed E-state index contributed by atoms with van der Waals surface area (Å²) in [6.07, 6.45) is -2.51. The van der Waals surface area contributed by atoms with Crippen LogP contribution in [0.5, 0.6) is 0 Å². The smallest absolute Gasteiger partial charge is 0.266 e. The number of amides is 1. The summed E-state index contributed by atoms with van der Waals surface area (Å²) < 4.78 is 48.5. The number of hydrogen-bond donors (Lipinski definition) is 1. The van der Waals surface area contributed by atoms with Gasteiger partial charge >= 0.3 is 0 Å². The van der Waals surface area contributed by atoms with Gasteiger partial charge in [0.15, 0.2) is 5.82 Å². The number of aromatic nitrogens is 3. The Hall–Kier alpha value is -3.47. The van der Waals surface area contributed by atoms with Gasteiger partial charge in [0.1, 0.15) is 11.4 Å². The lowest BCUT2D eigenvalue weighted by atomic mass is 9.92. The van der Waals surface area contributed by atoms with Crippen LogP contribution in [-0.4, -0.2) is 45.8 Å². The van der Waals surface area contributed by atoms with Crippen LogP contribution >= 0.6 is 0 Å². The number of likely N-dealkylation sites (tertiary alicyclic amines) is 1. The summed E-state index contributed by atoms with van der Waals surface area (Å²) in [4.78, 5) is 27.1. The number of benzene rings is 1. The second kappa shape index (κ2) is 9.53. The van der Waals surface area contributed by atoms with Gasteiger partial charge in [-0.05, 0) is 19.9 Å². The summed E-state index contributed by atoms with van der Waals surface area (Å²) >= 11 is 0. The minimum Gasteiger partial charge on any atom is -0.371 e. The zero-order chi connectivity index (χ0) is 26.4. The number of nitrogens with zero attached hydrogens (tertiary/aromatic N) is 4. The normalized spacial score (nSPS) is 18.8. The van der Waals surface area contributed by atoms with Gasteiger partial charge in [0.2, 0.25) is 5.91 Å². The third kappa shape index (κ3) is 4.21. The fraction of sp³-hybridized carbons (Fsp3) is 0.440. The third-order valence-corrected chi connectivity index (χ3v) is 6.98. The van der Waals surface area contributed by atoms with Crippen molar-refractivity contribution in [3.8, 4) is 0 Å². The molecule has 0 saturated carbocycles. The Balaban J connectivity index is 1.84.